The van der Waals surface area contributed by atoms with Crippen LogP contribution in [0, 0.1) is 0 Å². The lowest BCUT2D eigenvalue weighted by atomic mass is 10.2. The molecule has 0 radical (unpaired) electrons. The van der Waals surface area contributed by atoms with Crippen molar-refractivity contribution in [2.24, 2.45) is 4.99 Å². The zero-order chi connectivity index (χ0) is 20.5. The van der Waals surface area contributed by atoms with Crippen molar-refractivity contribution in [3.63, 3.8) is 0 Å². The molecule has 1 aliphatic heterocycles. The van der Waals surface area contributed by atoms with Crippen molar-refractivity contribution in [2.45, 2.75) is 39.3 Å². The Hall–Kier alpha value is -2.36. The monoisotopic (exact) mass is 523 g/mol. The zero-order valence-electron chi connectivity index (χ0n) is 17.6. The Morgan fingerprint density at radius 1 is 1.13 bits per heavy atom. The summed E-state index contributed by atoms with van der Waals surface area (Å²) in [5.41, 5.74) is 3.15. The number of aromatic nitrogens is 1. The molecule has 1 aromatic carbocycles. The van der Waals surface area contributed by atoms with E-state index in [1.54, 1.807) is 7.05 Å². The average molecular weight is 523 g/mol. The number of carbonyl (C=O) groups excluding carboxylic acids is 1. The van der Waals surface area contributed by atoms with E-state index in [-0.39, 0.29) is 29.9 Å². The van der Waals surface area contributed by atoms with Crippen molar-refractivity contribution in [3.8, 4) is 5.88 Å². The Kier molecular flexibility index (Phi) is 9.85. The summed E-state index contributed by atoms with van der Waals surface area (Å²) in [6.07, 6.45) is 4.36. The molecule has 2 aromatic rings. The highest BCUT2D eigenvalue weighted by Crippen LogP contribution is 2.21. The Labute approximate surface area is 195 Å². The second-order valence-electron chi connectivity index (χ2n) is 6.95. The van der Waals surface area contributed by atoms with Crippen LogP contribution in [0.2, 0.25) is 0 Å². The van der Waals surface area contributed by atoms with Gasteiger partial charge in [0.15, 0.2) is 5.96 Å². The summed E-state index contributed by atoms with van der Waals surface area (Å²) in [5.74, 6) is 1.58. The van der Waals surface area contributed by atoms with E-state index in [1.165, 1.54) is 0 Å². The maximum absolute atomic E-state index is 11.8. The van der Waals surface area contributed by atoms with Gasteiger partial charge in [-0.1, -0.05) is 25.1 Å². The minimum atomic E-state index is 0. The Morgan fingerprint density at radius 3 is 2.40 bits per heavy atom. The molecule has 1 saturated heterocycles. The second kappa shape index (κ2) is 12.4. The van der Waals surface area contributed by atoms with Crippen LogP contribution in [0.15, 0.2) is 47.6 Å². The quantitative estimate of drug-likeness (QED) is 0.315. The van der Waals surface area contributed by atoms with Gasteiger partial charge >= 0.3 is 0 Å². The van der Waals surface area contributed by atoms with Crippen molar-refractivity contribution < 1.29 is 9.53 Å². The number of pyridine rings is 1. The number of aliphatic imine (C=N–C) groups is 1. The lowest BCUT2D eigenvalue weighted by Gasteiger charge is -2.16. The van der Waals surface area contributed by atoms with Gasteiger partial charge < -0.3 is 20.3 Å². The van der Waals surface area contributed by atoms with Crippen LogP contribution in [-0.2, 0) is 17.9 Å². The first-order valence-corrected chi connectivity index (χ1v) is 10.1. The average Bonchev–Trinajstić information content (AvgIpc) is 3.19. The summed E-state index contributed by atoms with van der Waals surface area (Å²) in [7, 11) is 1.75. The first-order valence-electron chi connectivity index (χ1n) is 10.1. The van der Waals surface area contributed by atoms with Crippen LogP contribution in [0.1, 0.15) is 37.3 Å². The first-order chi connectivity index (χ1) is 14.2. The van der Waals surface area contributed by atoms with E-state index in [0.717, 1.165) is 42.2 Å². The standard InChI is InChI=1S/C22H29N5O2.HI/c1-3-13-29-20-11-8-18(15-24-20)16-26-22(23-2)25-14-17-6-9-19(10-7-17)27-12-4-5-21(27)28;/h6-11,15H,3-5,12-14,16H2,1-2H3,(H2,23,25,26);1H. The number of carbonyl (C=O) groups is 1. The molecule has 1 amide bonds. The van der Waals surface area contributed by atoms with Crippen LogP contribution in [-0.4, -0.2) is 37.1 Å². The van der Waals surface area contributed by atoms with Gasteiger partial charge in [-0.25, -0.2) is 4.98 Å². The number of nitrogens with zero attached hydrogens (tertiary/aromatic N) is 3. The number of nitrogens with one attached hydrogen (secondary N) is 2. The lowest BCUT2D eigenvalue weighted by molar-refractivity contribution is -0.117. The maximum Gasteiger partial charge on any atom is 0.227 e. The summed E-state index contributed by atoms with van der Waals surface area (Å²) >= 11 is 0. The molecular weight excluding hydrogens is 493 g/mol. The number of anilines is 1. The molecule has 7 nitrogen and oxygen atoms in total. The van der Waals surface area contributed by atoms with E-state index in [0.29, 0.717) is 32.0 Å². The zero-order valence-corrected chi connectivity index (χ0v) is 19.9. The highest BCUT2D eigenvalue weighted by molar-refractivity contribution is 14.0. The van der Waals surface area contributed by atoms with E-state index in [4.69, 9.17) is 4.74 Å². The molecule has 0 aliphatic carbocycles. The van der Waals surface area contributed by atoms with Crippen LogP contribution in [0.25, 0.3) is 0 Å². The highest BCUT2D eigenvalue weighted by Gasteiger charge is 2.21. The fourth-order valence-electron chi connectivity index (χ4n) is 3.11. The molecule has 0 spiro atoms. The second-order valence-corrected chi connectivity index (χ2v) is 6.95. The van der Waals surface area contributed by atoms with Gasteiger partial charge in [0.25, 0.3) is 0 Å². The van der Waals surface area contributed by atoms with Crippen LogP contribution in [0.3, 0.4) is 0 Å². The van der Waals surface area contributed by atoms with Gasteiger partial charge in [-0.05, 0) is 36.1 Å². The molecule has 3 rings (SSSR count). The fourth-order valence-corrected chi connectivity index (χ4v) is 3.11. The molecule has 162 valence electrons. The number of ether oxygens (including phenoxy) is 1. The number of amides is 1. The van der Waals surface area contributed by atoms with Gasteiger partial charge in [0.1, 0.15) is 0 Å². The number of benzene rings is 1. The Bertz CT molecular complexity index is 824. The van der Waals surface area contributed by atoms with E-state index in [9.17, 15) is 4.79 Å². The van der Waals surface area contributed by atoms with Gasteiger partial charge in [0.2, 0.25) is 11.8 Å². The van der Waals surface area contributed by atoms with E-state index in [1.807, 2.05) is 47.5 Å². The number of guanidine groups is 1. The van der Waals surface area contributed by atoms with Crippen LogP contribution in [0.5, 0.6) is 5.88 Å². The van der Waals surface area contributed by atoms with Crippen LogP contribution in [0.4, 0.5) is 5.69 Å². The smallest absolute Gasteiger partial charge is 0.227 e. The summed E-state index contributed by atoms with van der Waals surface area (Å²) in [6.45, 7) is 4.83. The van der Waals surface area contributed by atoms with Crippen LogP contribution >= 0.6 is 24.0 Å². The number of hydrogen-bond acceptors (Lipinski definition) is 4. The third kappa shape index (κ3) is 6.86. The molecular formula is C22H30IN5O2. The molecule has 0 unspecified atom stereocenters. The van der Waals surface area contributed by atoms with Gasteiger partial charge in [-0.3, -0.25) is 9.79 Å². The topological polar surface area (TPSA) is 78.9 Å². The molecule has 1 fully saturated rings. The molecule has 1 aliphatic rings. The molecule has 0 atom stereocenters. The predicted octanol–water partition coefficient (Wildman–Crippen LogP) is 3.48. The molecule has 8 heteroatoms. The van der Waals surface area contributed by atoms with Crippen molar-refractivity contribution >= 4 is 41.5 Å². The van der Waals surface area contributed by atoms with Gasteiger partial charge in [-0.2, -0.15) is 0 Å². The largest absolute Gasteiger partial charge is 0.478 e. The summed E-state index contributed by atoms with van der Waals surface area (Å²) < 4.78 is 5.50. The third-order valence-electron chi connectivity index (χ3n) is 4.72. The van der Waals surface area contributed by atoms with Crippen LogP contribution < -0.4 is 20.3 Å². The van der Waals surface area contributed by atoms with E-state index >= 15 is 0 Å². The van der Waals surface area contributed by atoms with Gasteiger partial charge in [-0.15, -0.1) is 24.0 Å². The van der Waals surface area contributed by atoms with E-state index < -0.39 is 0 Å². The number of halogens is 1. The SMILES string of the molecule is CCCOc1ccc(CNC(=NC)NCc2ccc(N3CCCC3=O)cc2)cn1.I. The predicted molar refractivity (Wildman–Crippen MR) is 131 cm³/mol. The highest BCUT2D eigenvalue weighted by atomic mass is 127. The molecule has 2 N–H and O–H groups in total. The minimum absolute atomic E-state index is 0. The normalized spacial score (nSPS) is 13.7. The van der Waals surface area contributed by atoms with Crippen molar-refractivity contribution in [2.75, 3.05) is 25.1 Å². The Morgan fingerprint density at radius 2 is 1.83 bits per heavy atom. The maximum atomic E-state index is 11.8. The minimum Gasteiger partial charge on any atom is -0.478 e. The number of rotatable bonds is 8. The van der Waals surface area contributed by atoms with Crippen molar-refractivity contribution in [1.29, 1.82) is 0 Å². The molecule has 1 aromatic heterocycles. The third-order valence-corrected chi connectivity index (χ3v) is 4.72. The van der Waals surface area contributed by atoms with E-state index in [2.05, 4.69) is 27.5 Å². The fraction of sp³-hybridized carbons (Fsp3) is 0.409. The lowest BCUT2D eigenvalue weighted by Crippen LogP contribution is -2.36. The van der Waals surface area contributed by atoms with Gasteiger partial charge in [0, 0.05) is 51.1 Å². The van der Waals surface area contributed by atoms with Crippen molar-refractivity contribution in [3.05, 3.63) is 53.7 Å². The molecule has 2 heterocycles. The van der Waals surface area contributed by atoms with Crippen molar-refractivity contribution in [1.82, 2.24) is 15.6 Å². The molecule has 0 saturated carbocycles. The first kappa shape index (κ1) is 23.9. The number of hydrogen-bond donors (Lipinski definition) is 2. The van der Waals surface area contributed by atoms with Gasteiger partial charge in [0.05, 0.1) is 6.61 Å². The molecule has 30 heavy (non-hydrogen) atoms. The summed E-state index contributed by atoms with van der Waals surface area (Å²) in [5, 5.41) is 6.59. The molecule has 0 bridgehead atoms. The summed E-state index contributed by atoms with van der Waals surface area (Å²) in [6, 6.07) is 12.0. The Balaban J connectivity index is 0.00000320. The summed E-state index contributed by atoms with van der Waals surface area (Å²) in [4.78, 5) is 22.3.